The van der Waals surface area contributed by atoms with Gasteiger partial charge in [0.2, 0.25) is 0 Å². The van der Waals surface area contributed by atoms with Gasteiger partial charge in [0.1, 0.15) is 34.8 Å². The first-order valence-corrected chi connectivity index (χ1v) is 23.8. The van der Waals surface area contributed by atoms with Crippen LogP contribution in [0.25, 0.3) is 21.8 Å². The zero-order chi connectivity index (χ0) is 44.2. The zero-order valence-corrected chi connectivity index (χ0v) is 39.8. The minimum atomic E-state index is 0. The monoisotopic (exact) mass is 899 g/mol. The smallest absolute Gasteiger partial charge is 0.142 e. The van der Waals surface area contributed by atoms with E-state index < -0.39 is 0 Å². The molecule has 2 saturated heterocycles. The molecule has 11 nitrogen and oxygen atoms in total. The fourth-order valence-corrected chi connectivity index (χ4v) is 10.0. The van der Waals surface area contributed by atoms with Crippen molar-refractivity contribution in [2.45, 2.75) is 88.4 Å². The number of rotatable bonds is 14. The number of aliphatic hydroxyl groups excluding tert-OH is 1. The number of halogens is 1. The third-order valence-electron chi connectivity index (χ3n) is 13.8. The van der Waals surface area contributed by atoms with E-state index in [-0.39, 0.29) is 19.0 Å². The fraction of sp³-hybridized carbons (Fsp3) is 0.472. The Kier molecular flexibility index (Phi) is 14.8. The molecule has 0 bridgehead atoms. The van der Waals surface area contributed by atoms with E-state index in [2.05, 4.69) is 112 Å². The van der Waals surface area contributed by atoms with Crippen LogP contribution >= 0.6 is 12.4 Å². The number of aromatic nitrogens is 4. The van der Waals surface area contributed by atoms with Crippen molar-refractivity contribution >= 4 is 57.2 Å². The van der Waals surface area contributed by atoms with Crippen LogP contribution in [0, 0.1) is 0 Å². The van der Waals surface area contributed by atoms with Gasteiger partial charge in [-0.3, -0.25) is 0 Å². The van der Waals surface area contributed by atoms with Crippen LogP contribution in [-0.4, -0.2) is 99.2 Å². The van der Waals surface area contributed by atoms with Crippen molar-refractivity contribution in [3.8, 4) is 11.5 Å². The molecule has 1 N–H and O–H groups in total. The Labute approximate surface area is 391 Å². The number of aliphatic hydroxyl groups is 1. The Balaban J connectivity index is 0.000000175. The molecule has 2 aliphatic heterocycles. The summed E-state index contributed by atoms with van der Waals surface area (Å²) in [5.74, 6) is 8.28. The van der Waals surface area contributed by atoms with E-state index in [0.29, 0.717) is 30.2 Å². The standard InChI is InChI=1S/C27H34N4O.C26H32N4O2.ClH/c1-4-16-30(2)23-10-7-9-22-25(23)27(29-26(28-22)20-12-13-20)31-17-14-19(15-18-31)21-8-5-6-11-24(21)32-3;1-29(16-17-31)22-8-5-7-21-24(22)26(28-25(27-21)19-10-11-19)30-14-12-18(13-15-30)20-6-3-4-9-23(20)32-2;/h5-11,19-20H,4,12-18H2,1-3H3;3-9,18-19,31H,10-17H2,1-2H3;1H. The molecule has 4 heterocycles. The van der Waals surface area contributed by atoms with Crippen LogP contribution in [0.5, 0.6) is 11.5 Å². The quantitative estimate of drug-likeness (QED) is 0.113. The highest BCUT2D eigenvalue weighted by Crippen LogP contribution is 2.45. The normalized spacial score (nSPS) is 16.8. The average molecular weight is 900 g/mol. The van der Waals surface area contributed by atoms with Gasteiger partial charge in [-0.15, -0.1) is 12.4 Å². The summed E-state index contributed by atoms with van der Waals surface area (Å²) in [6, 6.07) is 29.7. The Morgan fingerprint density at radius 2 is 0.954 bits per heavy atom. The van der Waals surface area contributed by atoms with Crippen molar-refractivity contribution in [3.63, 3.8) is 0 Å². The molecule has 2 aromatic heterocycles. The van der Waals surface area contributed by atoms with E-state index in [0.717, 1.165) is 122 Å². The molecule has 344 valence electrons. The summed E-state index contributed by atoms with van der Waals surface area (Å²) in [6.07, 6.45) is 10.3. The number of ether oxygens (including phenoxy) is 2. The summed E-state index contributed by atoms with van der Waals surface area (Å²) < 4.78 is 11.3. The van der Waals surface area contributed by atoms with Crippen molar-refractivity contribution in [2.24, 2.45) is 0 Å². The first-order valence-electron chi connectivity index (χ1n) is 23.8. The fourth-order valence-electron chi connectivity index (χ4n) is 10.0. The summed E-state index contributed by atoms with van der Waals surface area (Å²) in [7, 11) is 7.74. The molecule has 6 aromatic rings. The minimum absolute atomic E-state index is 0. The van der Waals surface area contributed by atoms with Gasteiger partial charge in [0.25, 0.3) is 0 Å². The molecule has 2 saturated carbocycles. The molecule has 0 amide bonds. The SMILES string of the molecule is CCCN(C)c1cccc2nc(C3CC3)nc(N3CCC(c4ccccc4OC)CC3)c12.COc1ccccc1C1CCN(c2nc(C3CC3)nc3cccc(N(C)CCO)c23)CC1.Cl. The number of hydrogen-bond donors (Lipinski definition) is 1. The van der Waals surface area contributed by atoms with Crippen LogP contribution < -0.4 is 29.1 Å². The van der Waals surface area contributed by atoms with Crippen molar-refractivity contribution in [1.82, 2.24) is 19.9 Å². The van der Waals surface area contributed by atoms with E-state index >= 15 is 0 Å². The number of anilines is 4. The lowest BCUT2D eigenvalue weighted by atomic mass is 9.88. The molecule has 65 heavy (non-hydrogen) atoms. The Morgan fingerprint density at radius 1 is 0.538 bits per heavy atom. The molecule has 2 aliphatic carbocycles. The predicted octanol–water partition coefficient (Wildman–Crippen LogP) is 10.5. The van der Waals surface area contributed by atoms with Crippen LogP contribution in [0.2, 0.25) is 0 Å². The second-order valence-electron chi connectivity index (χ2n) is 18.3. The van der Waals surface area contributed by atoms with Crippen LogP contribution in [0.4, 0.5) is 23.0 Å². The third-order valence-corrected chi connectivity index (χ3v) is 13.8. The summed E-state index contributed by atoms with van der Waals surface area (Å²) in [5.41, 5.74) is 7.07. The molecule has 4 aromatic carbocycles. The summed E-state index contributed by atoms with van der Waals surface area (Å²) in [5, 5.41) is 11.8. The van der Waals surface area contributed by atoms with E-state index in [9.17, 15) is 5.11 Å². The van der Waals surface area contributed by atoms with E-state index in [1.807, 2.05) is 13.1 Å². The van der Waals surface area contributed by atoms with Crippen LogP contribution in [0.3, 0.4) is 0 Å². The number of para-hydroxylation sites is 2. The lowest BCUT2D eigenvalue weighted by molar-refractivity contribution is 0.304. The summed E-state index contributed by atoms with van der Waals surface area (Å²) in [4.78, 5) is 29.7. The lowest BCUT2D eigenvalue weighted by Crippen LogP contribution is -2.34. The van der Waals surface area contributed by atoms with Crippen molar-refractivity contribution < 1.29 is 14.6 Å². The van der Waals surface area contributed by atoms with E-state index in [4.69, 9.17) is 29.4 Å². The second-order valence-corrected chi connectivity index (χ2v) is 18.3. The lowest BCUT2D eigenvalue weighted by Gasteiger charge is -2.35. The third kappa shape index (κ3) is 10.1. The molecular weight excluding hydrogens is 832 g/mol. The summed E-state index contributed by atoms with van der Waals surface area (Å²) in [6.45, 7) is 7.88. The number of benzene rings is 4. The topological polar surface area (TPSA) is 103 Å². The molecule has 0 unspecified atom stereocenters. The predicted molar refractivity (Wildman–Crippen MR) is 269 cm³/mol. The minimum Gasteiger partial charge on any atom is -0.496 e. The van der Waals surface area contributed by atoms with Crippen molar-refractivity contribution in [1.29, 1.82) is 0 Å². The molecule has 0 atom stereocenters. The number of likely N-dealkylation sites (N-methyl/N-ethyl adjacent to an activating group) is 1. The van der Waals surface area contributed by atoms with E-state index in [1.54, 1.807) is 14.2 Å². The van der Waals surface area contributed by atoms with Crippen LogP contribution in [0.1, 0.15) is 111 Å². The molecule has 0 spiro atoms. The number of nitrogens with zero attached hydrogens (tertiary/aromatic N) is 8. The van der Waals surface area contributed by atoms with Crippen LogP contribution in [-0.2, 0) is 0 Å². The molecule has 4 aliphatic rings. The number of fused-ring (bicyclic) bond motifs is 2. The highest BCUT2D eigenvalue weighted by Gasteiger charge is 2.33. The van der Waals surface area contributed by atoms with Gasteiger partial charge >= 0.3 is 0 Å². The van der Waals surface area contributed by atoms with Gasteiger partial charge in [-0.05, 0) is 117 Å². The zero-order valence-electron chi connectivity index (χ0n) is 39.0. The number of methoxy groups -OCH3 is 2. The van der Waals surface area contributed by atoms with Gasteiger partial charge in [-0.2, -0.15) is 0 Å². The Morgan fingerprint density at radius 3 is 1.34 bits per heavy atom. The Hall–Kier alpha value is -5.39. The van der Waals surface area contributed by atoms with Gasteiger partial charge in [-0.1, -0.05) is 55.5 Å². The van der Waals surface area contributed by atoms with Gasteiger partial charge < -0.3 is 34.2 Å². The average Bonchev–Trinajstić information content (AvgIpc) is 4.29. The van der Waals surface area contributed by atoms with Gasteiger partial charge in [0.15, 0.2) is 0 Å². The maximum atomic E-state index is 9.50. The molecule has 10 rings (SSSR count). The van der Waals surface area contributed by atoms with Crippen molar-refractivity contribution in [2.75, 3.05) is 93.8 Å². The first kappa shape index (κ1) is 46.2. The van der Waals surface area contributed by atoms with Gasteiger partial charge in [0.05, 0.1) is 42.6 Å². The number of piperidine rings is 2. The van der Waals surface area contributed by atoms with Crippen molar-refractivity contribution in [3.05, 3.63) is 108 Å². The maximum Gasteiger partial charge on any atom is 0.142 e. The largest absolute Gasteiger partial charge is 0.496 e. The molecular formula is C53H67ClN8O3. The first-order chi connectivity index (χ1) is 31.4. The maximum absolute atomic E-state index is 9.50. The molecule has 0 radical (unpaired) electrons. The summed E-state index contributed by atoms with van der Waals surface area (Å²) >= 11 is 0. The number of hydrogen-bond acceptors (Lipinski definition) is 11. The molecule has 12 heteroatoms. The van der Waals surface area contributed by atoms with Gasteiger partial charge in [0, 0.05) is 76.6 Å². The van der Waals surface area contributed by atoms with Crippen LogP contribution in [0.15, 0.2) is 84.9 Å². The van der Waals surface area contributed by atoms with Gasteiger partial charge in [-0.25, -0.2) is 19.9 Å². The Bertz CT molecular complexity index is 2360. The highest BCUT2D eigenvalue weighted by molar-refractivity contribution is 6.01. The highest BCUT2D eigenvalue weighted by atomic mass is 35.5. The molecule has 4 fully saturated rings. The second kappa shape index (κ2) is 20.8. The van der Waals surface area contributed by atoms with E-state index in [1.165, 1.54) is 47.9 Å².